The highest BCUT2D eigenvalue weighted by Crippen LogP contribution is 2.35. The van der Waals surface area contributed by atoms with Crippen LogP contribution in [-0.2, 0) is 10.2 Å². The van der Waals surface area contributed by atoms with Gasteiger partial charge in [-0.15, -0.1) is 10.2 Å². The summed E-state index contributed by atoms with van der Waals surface area (Å²) >= 11 is 0. The minimum Gasteiger partial charge on any atom is -0.369 e. The number of quaternary nitrogens is 1. The molecule has 2 atom stereocenters. The lowest BCUT2D eigenvalue weighted by Gasteiger charge is -2.26. The molecule has 124 valence electrons. The highest BCUT2D eigenvalue weighted by atomic mass is 35.7. The highest BCUT2D eigenvalue weighted by Gasteiger charge is 2.46. The van der Waals surface area contributed by atoms with E-state index in [1.165, 1.54) is 16.2 Å². The van der Waals surface area contributed by atoms with E-state index in [-0.39, 0.29) is 11.3 Å². The summed E-state index contributed by atoms with van der Waals surface area (Å²) in [5.74, 6) is -0.216. The van der Waals surface area contributed by atoms with E-state index >= 15 is 0 Å². The number of halogens is 1. The van der Waals surface area contributed by atoms with Gasteiger partial charge in [0.15, 0.2) is 0 Å². The average Bonchev–Trinajstić information content (AvgIpc) is 2.54. The largest absolute Gasteiger partial charge is 0.369 e. The molecule has 0 aromatic heterocycles. The van der Waals surface area contributed by atoms with E-state index in [1.807, 2.05) is 0 Å². The van der Waals surface area contributed by atoms with Crippen LogP contribution in [0.2, 0.25) is 0 Å². The Bertz CT molecular complexity index is 524. The second kappa shape index (κ2) is 6.91. The number of nitrogens with one attached hydrogen (secondary N) is 1. The summed E-state index contributed by atoms with van der Waals surface area (Å²) in [4.78, 5) is 12.3. The Morgan fingerprint density at radius 2 is 1.77 bits per heavy atom. The van der Waals surface area contributed by atoms with Gasteiger partial charge >= 0.3 is 0 Å². The number of fused-ring (bicyclic) bond motifs is 1. The minimum absolute atomic E-state index is 0.156. The number of rotatable bonds is 3. The van der Waals surface area contributed by atoms with E-state index in [9.17, 15) is 4.79 Å². The Morgan fingerprint density at radius 1 is 1.27 bits per heavy atom. The first kappa shape index (κ1) is 18.8. The van der Waals surface area contributed by atoms with Crippen LogP contribution in [0.15, 0.2) is 24.3 Å². The number of primary amides is 1. The van der Waals surface area contributed by atoms with Gasteiger partial charge in [-0.05, 0) is 26.8 Å². The fraction of sp³-hybridized carbons (Fsp3) is 0.500. The van der Waals surface area contributed by atoms with E-state index in [1.54, 1.807) is 0 Å². The third-order valence-electron chi connectivity index (χ3n) is 4.21. The number of carbonyl (C=O) groups excluding carboxylic acids is 1. The van der Waals surface area contributed by atoms with Crippen LogP contribution in [-0.4, -0.2) is 18.5 Å². The van der Waals surface area contributed by atoms with Crippen molar-refractivity contribution >= 4 is 11.6 Å². The molecule has 2 unspecified atom stereocenters. The summed E-state index contributed by atoms with van der Waals surface area (Å²) in [6.07, 6.45) is 0.448. The van der Waals surface area contributed by atoms with E-state index in [4.69, 9.17) is 24.4 Å². The van der Waals surface area contributed by atoms with Gasteiger partial charge in [0.1, 0.15) is 5.69 Å². The molecule has 8 heteroatoms. The van der Waals surface area contributed by atoms with Gasteiger partial charge in [0.25, 0.3) is 0 Å². The molecule has 7 nitrogen and oxygen atoms in total. The zero-order valence-electron chi connectivity index (χ0n) is 12.8. The quantitative estimate of drug-likeness (QED) is 0.580. The smallest absolute Gasteiger partial charge is 0.223 e. The maximum atomic E-state index is 10.9. The van der Waals surface area contributed by atoms with Gasteiger partial charge in [-0.3, -0.25) is 9.69 Å². The summed E-state index contributed by atoms with van der Waals surface area (Å²) in [5.41, 5.74) is 8.13. The van der Waals surface area contributed by atoms with Crippen LogP contribution >= 0.6 is 0 Å². The fourth-order valence-electron chi connectivity index (χ4n) is 2.84. The maximum absolute atomic E-state index is 10.9. The molecule has 1 aromatic carbocycles. The molecule has 0 bridgehead atoms. The van der Waals surface area contributed by atoms with Gasteiger partial charge < -0.3 is 5.73 Å². The first-order valence-corrected chi connectivity index (χ1v) is 8.03. The lowest BCUT2D eigenvalue weighted by Crippen LogP contribution is -3.10. The van der Waals surface area contributed by atoms with Gasteiger partial charge in [-0.1, -0.05) is 18.2 Å². The van der Waals surface area contributed by atoms with E-state index in [2.05, 4.69) is 45.0 Å². The molecule has 22 heavy (non-hydrogen) atoms. The Balaban J connectivity index is 0.000000422. The van der Waals surface area contributed by atoms with Crippen molar-refractivity contribution in [1.29, 1.82) is 0 Å². The second-order valence-corrected chi connectivity index (χ2v) is 6.61. The molecular formula is C14H21ClN2O5. The first-order chi connectivity index (χ1) is 9.94. The molecule has 0 radical (unpaired) electrons. The van der Waals surface area contributed by atoms with Crippen molar-refractivity contribution in [1.82, 2.24) is 0 Å². The lowest BCUT2D eigenvalue weighted by atomic mass is 9.81. The van der Waals surface area contributed by atoms with Gasteiger partial charge in [0, 0.05) is 11.0 Å². The Kier molecular flexibility index (Phi) is 5.91. The minimum atomic E-state index is -4.94. The highest BCUT2D eigenvalue weighted by molar-refractivity contribution is 5.73. The van der Waals surface area contributed by atoms with E-state index in [0.717, 1.165) is 6.54 Å². The third-order valence-corrected chi connectivity index (χ3v) is 4.21. The number of hydrogen-bond acceptors (Lipinski definition) is 5. The maximum Gasteiger partial charge on any atom is 0.223 e. The predicted octanol–water partition coefficient (Wildman–Crippen LogP) is -4.00. The SMILES string of the molecule is CC1[NH+](CCC(N)=O)c2ccccc2C1(C)C.[O-][Cl+3]([O-])([O-])[O-]. The van der Waals surface area contributed by atoms with Gasteiger partial charge in [-0.2, -0.15) is 0 Å². The van der Waals surface area contributed by atoms with Crippen molar-refractivity contribution in [3.8, 4) is 0 Å². The monoisotopic (exact) mass is 332 g/mol. The molecule has 0 fully saturated rings. The molecule has 0 saturated carbocycles. The molecule has 1 amide bonds. The average molecular weight is 333 g/mol. The summed E-state index contributed by atoms with van der Waals surface area (Å²) in [6, 6.07) is 8.99. The number of para-hydroxylation sites is 1. The summed E-state index contributed by atoms with van der Waals surface area (Å²) in [5, 5.41) is 0. The molecule has 1 heterocycles. The van der Waals surface area contributed by atoms with Crippen molar-refractivity contribution in [3.05, 3.63) is 29.8 Å². The molecular weight excluding hydrogens is 312 g/mol. The van der Waals surface area contributed by atoms with E-state index in [0.29, 0.717) is 12.5 Å². The van der Waals surface area contributed by atoms with Crippen LogP contribution in [0.4, 0.5) is 5.69 Å². The number of benzene rings is 1. The Hall–Kier alpha value is -1.22. The standard InChI is InChI=1S/C14H20N2O.ClHO4/c1-10-14(2,3)11-6-4-5-7-12(11)16(10)9-8-13(15)17;2-1(3,4)5/h4-7,10H,8-9H2,1-3H3,(H2,15,17);(H,2,3,4,5). The predicted molar refractivity (Wildman–Crippen MR) is 68.2 cm³/mol. The molecule has 0 aliphatic carbocycles. The molecule has 0 spiro atoms. The van der Waals surface area contributed by atoms with Gasteiger partial charge in [0.05, 0.1) is 19.0 Å². The second-order valence-electron chi connectivity index (χ2n) is 5.86. The Labute approximate surface area is 131 Å². The molecule has 3 N–H and O–H groups in total. The fourth-order valence-corrected chi connectivity index (χ4v) is 2.84. The first-order valence-electron chi connectivity index (χ1n) is 6.80. The normalized spacial score (nSPS) is 22.5. The van der Waals surface area contributed by atoms with Crippen LogP contribution in [0.25, 0.3) is 0 Å². The van der Waals surface area contributed by atoms with E-state index < -0.39 is 10.2 Å². The number of amides is 1. The number of carbonyl (C=O) groups is 1. The zero-order valence-corrected chi connectivity index (χ0v) is 13.6. The Morgan fingerprint density at radius 3 is 2.27 bits per heavy atom. The van der Waals surface area contributed by atoms with Crippen molar-refractivity contribution in [2.24, 2.45) is 5.73 Å². The summed E-state index contributed by atoms with van der Waals surface area (Å²) in [7, 11) is -4.94. The topological polar surface area (TPSA) is 140 Å². The molecule has 1 aliphatic heterocycles. The van der Waals surface area contributed by atoms with Crippen LogP contribution in [0.1, 0.15) is 32.8 Å². The van der Waals surface area contributed by atoms with Crippen LogP contribution in [0.5, 0.6) is 0 Å². The van der Waals surface area contributed by atoms with Crippen LogP contribution in [0, 0.1) is 10.2 Å². The molecule has 2 rings (SSSR count). The summed E-state index contributed by atoms with van der Waals surface area (Å²) < 4.78 is 34.0. The van der Waals surface area contributed by atoms with Gasteiger partial charge in [0.2, 0.25) is 5.91 Å². The number of nitrogens with two attached hydrogens (primary N) is 1. The molecule has 0 saturated heterocycles. The van der Waals surface area contributed by atoms with Crippen LogP contribution in [0.3, 0.4) is 0 Å². The molecule has 1 aromatic rings. The van der Waals surface area contributed by atoms with Crippen LogP contribution < -0.4 is 29.3 Å². The van der Waals surface area contributed by atoms with Gasteiger partial charge in [-0.25, -0.2) is 18.6 Å². The van der Waals surface area contributed by atoms with Crippen molar-refractivity contribution in [3.63, 3.8) is 0 Å². The van der Waals surface area contributed by atoms with Crippen molar-refractivity contribution in [2.75, 3.05) is 6.54 Å². The molecule has 1 aliphatic rings. The third kappa shape index (κ3) is 4.91. The lowest BCUT2D eigenvalue weighted by molar-refractivity contribution is -2.00. The zero-order chi connectivity index (χ0) is 17.1. The summed E-state index contributed by atoms with van der Waals surface area (Å²) in [6.45, 7) is 7.58. The van der Waals surface area contributed by atoms with Crippen molar-refractivity contribution in [2.45, 2.75) is 38.6 Å². The number of hydrogen-bond donors (Lipinski definition) is 2. The van der Waals surface area contributed by atoms with Crippen molar-refractivity contribution < 1.29 is 38.6 Å².